The second kappa shape index (κ2) is 6.80. The lowest BCUT2D eigenvalue weighted by atomic mass is 10.2. The first-order chi connectivity index (χ1) is 9.74. The number of benzene rings is 1. The summed E-state index contributed by atoms with van der Waals surface area (Å²) in [5, 5.41) is 3.32. The van der Waals surface area contributed by atoms with Crippen LogP contribution in [0.4, 0.5) is 5.69 Å². The topological polar surface area (TPSA) is 43.3 Å². The van der Waals surface area contributed by atoms with Gasteiger partial charge in [-0.05, 0) is 18.6 Å². The molecule has 0 bridgehead atoms. The Hall–Kier alpha value is -2.23. The smallest absolute Gasteiger partial charge is 0.250 e. The highest BCUT2D eigenvalue weighted by molar-refractivity contribution is 5.43. The third-order valence-corrected chi connectivity index (χ3v) is 3.12. The van der Waals surface area contributed by atoms with E-state index in [9.17, 15) is 4.79 Å². The molecule has 0 aliphatic rings. The van der Waals surface area contributed by atoms with Crippen LogP contribution in [0.5, 0.6) is 5.75 Å². The van der Waals surface area contributed by atoms with E-state index in [1.54, 1.807) is 17.7 Å². The lowest BCUT2D eigenvalue weighted by Gasteiger charge is -2.12. The summed E-state index contributed by atoms with van der Waals surface area (Å²) >= 11 is 0. The van der Waals surface area contributed by atoms with Gasteiger partial charge < -0.3 is 14.6 Å². The van der Waals surface area contributed by atoms with Gasteiger partial charge in [0.05, 0.1) is 12.8 Å². The molecule has 0 atom stereocenters. The lowest BCUT2D eigenvalue weighted by Crippen LogP contribution is -2.18. The summed E-state index contributed by atoms with van der Waals surface area (Å²) in [6.45, 7) is 3.46. The predicted molar refractivity (Wildman–Crippen MR) is 81.3 cm³/mol. The quantitative estimate of drug-likeness (QED) is 0.879. The molecular weight excluding hydrogens is 252 g/mol. The largest absolute Gasteiger partial charge is 0.496 e. The van der Waals surface area contributed by atoms with Crippen LogP contribution in [-0.2, 0) is 13.1 Å². The van der Waals surface area contributed by atoms with E-state index in [1.165, 1.54) is 0 Å². The number of nitrogens with zero attached hydrogens (tertiary/aromatic N) is 1. The second-order valence-corrected chi connectivity index (χ2v) is 4.61. The highest BCUT2D eigenvalue weighted by Crippen LogP contribution is 2.18. The summed E-state index contributed by atoms with van der Waals surface area (Å²) in [6.07, 6.45) is 2.80. The maximum Gasteiger partial charge on any atom is 0.250 e. The monoisotopic (exact) mass is 272 g/mol. The Morgan fingerprint density at radius 2 is 2.00 bits per heavy atom. The number of rotatable bonds is 6. The Bertz CT molecular complexity index is 620. The van der Waals surface area contributed by atoms with E-state index in [0.29, 0.717) is 6.54 Å². The van der Waals surface area contributed by atoms with Crippen LogP contribution in [0.3, 0.4) is 0 Å². The van der Waals surface area contributed by atoms with Crippen LogP contribution in [0.2, 0.25) is 0 Å². The van der Waals surface area contributed by atoms with Crippen molar-refractivity contribution in [2.75, 3.05) is 12.4 Å². The molecule has 0 amide bonds. The number of methoxy groups -OCH3 is 1. The molecule has 1 heterocycles. The van der Waals surface area contributed by atoms with Gasteiger partial charge in [0.1, 0.15) is 5.75 Å². The number of hydrogen-bond acceptors (Lipinski definition) is 3. The van der Waals surface area contributed by atoms with Crippen molar-refractivity contribution in [3.05, 3.63) is 58.5 Å². The molecule has 0 aliphatic carbocycles. The molecule has 2 aromatic rings. The molecule has 2 rings (SSSR count). The molecule has 20 heavy (non-hydrogen) atoms. The minimum absolute atomic E-state index is 0.0368. The van der Waals surface area contributed by atoms with Gasteiger partial charge in [-0.3, -0.25) is 4.79 Å². The average Bonchev–Trinajstić information content (AvgIpc) is 2.48. The normalized spacial score (nSPS) is 10.3. The van der Waals surface area contributed by atoms with Gasteiger partial charge in [0.25, 0.3) is 5.56 Å². The zero-order chi connectivity index (χ0) is 14.4. The number of nitrogens with one attached hydrogen (secondary N) is 1. The fourth-order valence-corrected chi connectivity index (χ4v) is 2.10. The van der Waals surface area contributed by atoms with Crippen molar-refractivity contribution in [3.63, 3.8) is 0 Å². The van der Waals surface area contributed by atoms with Gasteiger partial charge in [0.2, 0.25) is 0 Å². The van der Waals surface area contributed by atoms with E-state index in [1.807, 2.05) is 36.5 Å². The van der Waals surface area contributed by atoms with Crippen LogP contribution in [0.25, 0.3) is 0 Å². The summed E-state index contributed by atoms with van der Waals surface area (Å²) in [4.78, 5) is 11.7. The summed E-state index contributed by atoms with van der Waals surface area (Å²) in [5.74, 6) is 0.863. The van der Waals surface area contributed by atoms with Gasteiger partial charge in [0.15, 0.2) is 0 Å². The van der Waals surface area contributed by atoms with Gasteiger partial charge in [-0.1, -0.05) is 25.1 Å². The van der Waals surface area contributed by atoms with Crippen molar-refractivity contribution >= 4 is 5.69 Å². The van der Waals surface area contributed by atoms with E-state index in [0.717, 1.165) is 30.0 Å². The maximum absolute atomic E-state index is 11.7. The summed E-state index contributed by atoms with van der Waals surface area (Å²) in [6, 6.07) is 11.3. The number of para-hydroxylation sites is 1. The van der Waals surface area contributed by atoms with Crippen molar-refractivity contribution in [1.29, 1.82) is 0 Å². The molecule has 0 radical (unpaired) electrons. The number of hydrogen-bond donors (Lipinski definition) is 1. The standard InChI is InChI=1S/C16H20N2O2/c1-3-10-18-12-14(8-9-16(18)19)17-11-13-6-4-5-7-15(13)20-2/h4-9,12,17H,3,10-11H2,1-2H3. The van der Waals surface area contributed by atoms with Crippen LogP contribution in [0.1, 0.15) is 18.9 Å². The van der Waals surface area contributed by atoms with Crippen LogP contribution < -0.4 is 15.6 Å². The van der Waals surface area contributed by atoms with Crippen molar-refractivity contribution < 1.29 is 4.74 Å². The third kappa shape index (κ3) is 3.41. The van der Waals surface area contributed by atoms with Crippen molar-refractivity contribution in [2.24, 2.45) is 0 Å². The fraction of sp³-hybridized carbons (Fsp3) is 0.312. The molecule has 0 aliphatic heterocycles. The highest BCUT2D eigenvalue weighted by Gasteiger charge is 2.02. The Balaban J connectivity index is 2.11. The molecule has 0 spiro atoms. The van der Waals surface area contributed by atoms with Crippen molar-refractivity contribution in [1.82, 2.24) is 4.57 Å². The Morgan fingerprint density at radius 3 is 2.75 bits per heavy atom. The SMILES string of the molecule is CCCn1cc(NCc2ccccc2OC)ccc1=O. The van der Waals surface area contributed by atoms with E-state index in [2.05, 4.69) is 12.2 Å². The minimum atomic E-state index is 0.0368. The lowest BCUT2D eigenvalue weighted by molar-refractivity contribution is 0.410. The molecule has 0 unspecified atom stereocenters. The summed E-state index contributed by atoms with van der Waals surface area (Å²) in [7, 11) is 1.67. The first-order valence-corrected chi connectivity index (χ1v) is 6.81. The Kier molecular flexibility index (Phi) is 4.82. The van der Waals surface area contributed by atoms with Crippen LogP contribution in [0.15, 0.2) is 47.4 Å². The van der Waals surface area contributed by atoms with Crippen LogP contribution in [-0.4, -0.2) is 11.7 Å². The zero-order valence-electron chi connectivity index (χ0n) is 11.9. The van der Waals surface area contributed by atoms with Gasteiger partial charge >= 0.3 is 0 Å². The van der Waals surface area contributed by atoms with Gasteiger partial charge in [-0.15, -0.1) is 0 Å². The van der Waals surface area contributed by atoms with Crippen LogP contribution >= 0.6 is 0 Å². The molecular formula is C16H20N2O2. The first-order valence-electron chi connectivity index (χ1n) is 6.81. The molecule has 0 fully saturated rings. The van der Waals surface area contributed by atoms with Gasteiger partial charge in [-0.2, -0.15) is 0 Å². The number of pyridine rings is 1. The van der Waals surface area contributed by atoms with Crippen LogP contribution in [0, 0.1) is 0 Å². The highest BCUT2D eigenvalue weighted by atomic mass is 16.5. The van der Waals surface area contributed by atoms with E-state index in [4.69, 9.17) is 4.74 Å². The van der Waals surface area contributed by atoms with Gasteiger partial charge in [-0.25, -0.2) is 0 Å². The molecule has 0 saturated heterocycles. The zero-order valence-corrected chi connectivity index (χ0v) is 11.9. The van der Waals surface area contributed by atoms with E-state index in [-0.39, 0.29) is 5.56 Å². The van der Waals surface area contributed by atoms with E-state index >= 15 is 0 Å². The molecule has 1 aromatic carbocycles. The maximum atomic E-state index is 11.7. The number of aromatic nitrogens is 1. The molecule has 1 aromatic heterocycles. The Morgan fingerprint density at radius 1 is 1.20 bits per heavy atom. The second-order valence-electron chi connectivity index (χ2n) is 4.61. The molecule has 4 nitrogen and oxygen atoms in total. The van der Waals surface area contributed by atoms with Crippen molar-refractivity contribution in [2.45, 2.75) is 26.4 Å². The summed E-state index contributed by atoms with van der Waals surface area (Å²) in [5.41, 5.74) is 2.06. The number of ether oxygens (including phenoxy) is 1. The first kappa shape index (κ1) is 14.2. The third-order valence-electron chi connectivity index (χ3n) is 3.12. The summed E-state index contributed by atoms with van der Waals surface area (Å²) < 4.78 is 7.05. The average molecular weight is 272 g/mol. The molecule has 106 valence electrons. The van der Waals surface area contributed by atoms with E-state index < -0.39 is 0 Å². The molecule has 4 heteroatoms. The number of aryl methyl sites for hydroxylation is 1. The Labute approximate surface area is 119 Å². The van der Waals surface area contributed by atoms with Crippen molar-refractivity contribution in [3.8, 4) is 5.75 Å². The molecule has 1 N–H and O–H groups in total. The fourth-order valence-electron chi connectivity index (χ4n) is 2.10. The molecule has 0 saturated carbocycles. The minimum Gasteiger partial charge on any atom is -0.496 e. The number of anilines is 1. The van der Waals surface area contributed by atoms with Gasteiger partial charge in [0, 0.05) is 30.9 Å². The predicted octanol–water partition coefficient (Wildman–Crippen LogP) is 2.88.